The van der Waals surface area contributed by atoms with Crippen molar-refractivity contribution < 1.29 is 31.2 Å². The lowest BCUT2D eigenvalue weighted by Gasteiger charge is -2.28. The van der Waals surface area contributed by atoms with Gasteiger partial charge >= 0.3 is 0 Å². The van der Waals surface area contributed by atoms with Crippen LogP contribution in [0.4, 0.5) is 0 Å². The molecule has 0 saturated heterocycles. The van der Waals surface area contributed by atoms with E-state index in [1.807, 2.05) is 6.07 Å². The zero-order valence-electron chi connectivity index (χ0n) is 17.8. The topological polar surface area (TPSA) is 27.7 Å². The van der Waals surface area contributed by atoms with Gasteiger partial charge in [-0.1, -0.05) is 54.6 Å². The molecule has 1 aliphatic rings. The van der Waals surface area contributed by atoms with Gasteiger partial charge in [0.15, 0.2) is 11.5 Å². The van der Waals surface area contributed by atoms with Crippen molar-refractivity contribution in [3.63, 3.8) is 0 Å². The SMILES string of the molecule is COc1cc2c(cc1C[P+](c1ccccc1)(c1ccccc1)c1ccccc1)OCO2.[Br-]. The van der Waals surface area contributed by atoms with Gasteiger partial charge < -0.3 is 31.2 Å². The number of hydrogen-bond acceptors (Lipinski definition) is 3. The first kappa shape index (κ1) is 22.4. The lowest BCUT2D eigenvalue weighted by Crippen LogP contribution is -3.00. The fourth-order valence-electron chi connectivity index (χ4n) is 4.30. The summed E-state index contributed by atoms with van der Waals surface area (Å²) in [4.78, 5) is 0. The fourth-order valence-corrected chi connectivity index (χ4v) is 8.55. The van der Waals surface area contributed by atoms with Gasteiger partial charge in [-0.05, 0) is 42.5 Å². The Bertz CT molecular complexity index is 1070. The molecule has 5 heteroatoms. The second-order valence-corrected chi connectivity index (χ2v) is 11.0. The highest BCUT2D eigenvalue weighted by molar-refractivity contribution is 7.95. The molecule has 0 saturated carbocycles. The van der Waals surface area contributed by atoms with Crippen LogP contribution in [0.25, 0.3) is 0 Å². The van der Waals surface area contributed by atoms with Crippen molar-refractivity contribution in [3.8, 4) is 17.2 Å². The van der Waals surface area contributed by atoms with Gasteiger partial charge in [-0.3, -0.25) is 0 Å². The van der Waals surface area contributed by atoms with E-state index in [9.17, 15) is 0 Å². The van der Waals surface area contributed by atoms with Crippen molar-refractivity contribution in [2.75, 3.05) is 13.9 Å². The lowest BCUT2D eigenvalue weighted by atomic mass is 10.2. The van der Waals surface area contributed by atoms with Crippen molar-refractivity contribution in [2.45, 2.75) is 6.16 Å². The maximum atomic E-state index is 5.81. The summed E-state index contributed by atoms with van der Waals surface area (Å²) in [6, 6.07) is 36.6. The van der Waals surface area contributed by atoms with E-state index in [2.05, 4.69) is 97.1 Å². The second kappa shape index (κ2) is 9.77. The first-order valence-corrected chi connectivity index (χ1v) is 12.3. The van der Waals surface area contributed by atoms with E-state index in [1.54, 1.807) is 7.11 Å². The maximum Gasteiger partial charge on any atom is 0.231 e. The van der Waals surface area contributed by atoms with E-state index in [0.29, 0.717) is 0 Å². The minimum atomic E-state index is -2.02. The number of rotatable bonds is 6. The van der Waals surface area contributed by atoms with Crippen LogP contribution in [0.15, 0.2) is 103 Å². The Balaban J connectivity index is 0.00000245. The van der Waals surface area contributed by atoms with Crippen LogP contribution in [-0.2, 0) is 6.16 Å². The number of ether oxygens (including phenoxy) is 3. The van der Waals surface area contributed by atoms with Crippen LogP contribution >= 0.6 is 7.26 Å². The molecule has 0 aliphatic carbocycles. The van der Waals surface area contributed by atoms with Crippen molar-refractivity contribution in [1.82, 2.24) is 0 Å². The first-order valence-electron chi connectivity index (χ1n) is 10.3. The summed E-state index contributed by atoms with van der Waals surface area (Å²) in [6.07, 6.45) is 0.824. The molecule has 0 N–H and O–H groups in total. The smallest absolute Gasteiger partial charge is 0.231 e. The van der Waals surface area contributed by atoms with Gasteiger partial charge in [-0.15, -0.1) is 0 Å². The van der Waals surface area contributed by atoms with Gasteiger partial charge in [0.05, 0.1) is 7.11 Å². The Morgan fingerprint density at radius 1 is 0.688 bits per heavy atom. The number of halogens is 1. The molecule has 0 spiro atoms. The van der Waals surface area contributed by atoms with Gasteiger partial charge in [-0.2, -0.15) is 0 Å². The van der Waals surface area contributed by atoms with Crippen LogP contribution in [0.2, 0.25) is 0 Å². The predicted molar refractivity (Wildman–Crippen MR) is 128 cm³/mol. The molecule has 0 amide bonds. The Hall–Kier alpha value is -2.81. The molecule has 0 radical (unpaired) electrons. The standard InChI is InChI=1S/C27H24O3P.BrH/c1-28-25-18-27-26(29-20-30-27)17-21(25)19-31(22-11-5-2-6-12-22,23-13-7-3-8-14-23)24-15-9-4-10-16-24;/h2-18H,19-20H2,1H3;1H/q+1;/p-1. The molecule has 32 heavy (non-hydrogen) atoms. The van der Waals surface area contributed by atoms with E-state index < -0.39 is 7.26 Å². The van der Waals surface area contributed by atoms with Crippen LogP contribution in [0.3, 0.4) is 0 Å². The molecule has 4 aromatic carbocycles. The predicted octanol–water partition coefficient (Wildman–Crippen LogP) is 1.92. The summed E-state index contributed by atoms with van der Waals surface area (Å²) < 4.78 is 17.1. The van der Waals surface area contributed by atoms with E-state index >= 15 is 0 Å². The van der Waals surface area contributed by atoms with Crippen LogP contribution in [0.1, 0.15) is 5.56 Å². The lowest BCUT2D eigenvalue weighted by molar-refractivity contribution is -0.00000789. The second-order valence-electron chi connectivity index (χ2n) is 7.49. The molecule has 0 bridgehead atoms. The van der Waals surface area contributed by atoms with E-state index in [1.165, 1.54) is 15.9 Å². The van der Waals surface area contributed by atoms with Gasteiger partial charge in [-0.25, -0.2) is 0 Å². The molecule has 0 fully saturated rings. The number of fused-ring (bicyclic) bond motifs is 1. The highest BCUT2D eigenvalue weighted by Gasteiger charge is 2.46. The molecule has 0 atom stereocenters. The van der Waals surface area contributed by atoms with E-state index in [-0.39, 0.29) is 23.8 Å². The molecule has 0 aromatic heterocycles. The summed E-state index contributed by atoms with van der Waals surface area (Å²) in [5.74, 6) is 2.35. The third-order valence-corrected chi connectivity index (χ3v) is 10.1. The van der Waals surface area contributed by atoms with E-state index in [4.69, 9.17) is 14.2 Å². The fraction of sp³-hybridized carbons (Fsp3) is 0.111. The quantitative estimate of drug-likeness (QED) is 0.374. The van der Waals surface area contributed by atoms with Crippen molar-refractivity contribution in [2.24, 2.45) is 0 Å². The van der Waals surface area contributed by atoms with Crippen LogP contribution in [-0.4, -0.2) is 13.9 Å². The molecule has 4 aromatic rings. The zero-order chi connectivity index (χ0) is 21.1. The average Bonchev–Trinajstić information content (AvgIpc) is 3.31. The largest absolute Gasteiger partial charge is 1.00 e. The van der Waals surface area contributed by atoms with Crippen molar-refractivity contribution in [3.05, 3.63) is 109 Å². The third kappa shape index (κ3) is 4.01. The minimum Gasteiger partial charge on any atom is -1.00 e. The summed E-state index contributed by atoms with van der Waals surface area (Å²) in [6.45, 7) is 0.248. The summed E-state index contributed by atoms with van der Waals surface area (Å²) in [7, 11) is -0.300. The minimum absolute atomic E-state index is 0. The average molecular weight is 507 g/mol. The molecule has 5 rings (SSSR count). The number of hydrogen-bond donors (Lipinski definition) is 0. The van der Waals surface area contributed by atoms with Crippen LogP contribution < -0.4 is 47.1 Å². The third-order valence-electron chi connectivity index (χ3n) is 5.77. The summed E-state index contributed by atoms with van der Waals surface area (Å²) >= 11 is 0. The van der Waals surface area contributed by atoms with Gasteiger partial charge in [0.2, 0.25) is 6.79 Å². The zero-order valence-corrected chi connectivity index (χ0v) is 20.3. The Kier molecular flexibility index (Phi) is 6.83. The number of benzene rings is 4. The van der Waals surface area contributed by atoms with Crippen molar-refractivity contribution >= 4 is 23.2 Å². The Labute approximate surface area is 200 Å². The Morgan fingerprint density at radius 2 is 1.12 bits per heavy atom. The van der Waals surface area contributed by atoms with Gasteiger partial charge in [0.1, 0.15) is 35.1 Å². The summed E-state index contributed by atoms with van der Waals surface area (Å²) in [5.41, 5.74) is 1.12. The normalized spacial score (nSPS) is 12.2. The van der Waals surface area contributed by atoms with Crippen LogP contribution in [0, 0.1) is 0 Å². The highest BCUT2D eigenvalue weighted by atomic mass is 79.9. The van der Waals surface area contributed by atoms with Gasteiger partial charge in [0.25, 0.3) is 0 Å². The highest BCUT2D eigenvalue weighted by Crippen LogP contribution is 2.59. The van der Waals surface area contributed by atoms with Gasteiger partial charge in [0, 0.05) is 11.6 Å². The van der Waals surface area contributed by atoms with E-state index in [0.717, 1.165) is 29.0 Å². The Morgan fingerprint density at radius 3 is 1.56 bits per heavy atom. The molecule has 3 nitrogen and oxygen atoms in total. The molecule has 162 valence electrons. The monoisotopic (exact) mass is 506 g/mol. The van der Waals surface area contributed by atoms with Crippen LogP contribution in [0.5, 0.6) is 17.2 Å². The molecular formula is C27H24BrO3P. The first-order chi connectivity index (χ1) is 15.3. The molecule has 0 unspecified atom stereocenters. The molecule has 1 heterocycles. The molecule has 1 aliphatic heterocycles. The maximum absolute atomic E-state index is 5.81. The number of methoxy groups -OCH3 is 1. The van der Waals surface area contributed by atoms with Crippen molar-refractivity contribution in [1.29, 1.82) is 0 Å². The summed E-state index contributed by atoms with van der Waals surface area (Å²) in [5, 5.41) is 4.02. The molecular weight excluding hydrogens is 483 g/mol.